The highest BCUT2D eigenvalue weighted by Crippen LogP contribution is 2.72. The van der Waals surface area contributed by atoms with Crippen molar-refractivity contribution in [3.8, 4) is 0 Å². The molecule has 2 aliphatic carbocycles. The maximum absolute atomic E-state index is 10.6. The zero-order chi connectivity index (χ0) is 11.0. The zero-order valence-electron chi connectivity index (χ0n) is 9.89. The molecule has 2 nitrogen and oxygen atoms in total. The van der Waals surface area contributed by atoms with Crippen LogP contribution in [0.15, 0.2) is 0 Å². The van der Waals surface area contributed by atoms with E-state index < -0.39 is 11.2 Å². The molecule has 2 saturated carbocycles. The van der Waals surface area contributed by atoms with E-state index in [1.54, 1.807) is 13.8 Å². The summed E-state index contributed by atoms with van der Waals surface area (Å²) in [4.78, 5) is 0. The molecule has 0 amide bonds. The Hall–Kier alpha value is -0.0800. The van der Waals surface area contributed by atoms with E-state index in [9.17, 15) is 10.2 Å². The third kappa shape index (κ3) is 0.704. The molecule has 2 aliphatic rings. The minimum Gasteiger partial charge on any atom is -0.387 e. The molecule has 14 heavy (non-hydrogen) atoms. The number of fused-ring (bicyclic) bond motifs is 2. The molecule has 0 aromatic carbocycles. The van der Waals surface area contributed by atoms with Gasteiger partial charge in [-0.05, 0) is 38.0 Å². The van der Waals surface area contributed by atoms with Crippen molar-refractivity contribution < 1.29 is 10.2 Å². The molecular formula is C12H22O2. The fourth-order valence-corrected chi connectivity index (χ4v) is 4.25. The van der Waals surface area contributed by atoms with Crippen LogP contribution in [-0.4, -0.2) is 21.4 Å². The van der Waals surface area contributed by atoms with Gasteiger partial charge in [-0.25, -0.2) is 0 Å². The van der Waals surface area contributed by atoms with E-state index in [1.807, 2.05) is 0 Å². The van der Waals surface area contributed by atoms with Gasteiger partial charge in [-0.3, -0.25) is 0 Å². The molecule has 82 valence electrons. The average Bonchev–Trinajstić information content (AvgIpc) is 2.26. The van der Waals surface area contributed by atoms with Crippen LogP contribution in [0.2, 0.25) is 0 Å². The monoisotopic (exact) mass is 198 g/mol. The molecule has 2 bridgehead atoms. The van der Waals surface area contributed by atoms with Crippen molar-refractivity contribution in [3.63, 3.8) is 0 Å². The van der Waals surface area contributed by atoms with Crippen molar-refractivity contribution in [2.45, 2.75) is 58.7 Å². The van der Waals surface area contributed by atoms with Crippen LogP contribution in [0.4, 0.5) is 0 Å². The molecule has 0 aromatic heterocycles. The largest absolute Gasteiger partial charge is 0.387 e. The average molecular weight is 198 g/mol. The molecule has 2 fully saturated rings. The fraction of sp³-hybridized carbons (Fsp3) is 1.00. The van der Waals surface area contributed by atoms with Crippen molar-refractivity contribution >= 4 is 0 Å². The van der Waals surface area contributed by atoms with Gasteiger partial charge >= 0.3 is 0 Å². The SMILES string of the molecule is CC1(C)[C@H]2CC[C@]1(C)[C@@](C)(O)[C@@]2(C)O. The van der Waals surface area contributed by atoms with Gasteiger partial charge < -0.3 is 10.2 Å². The Bertz CT molecular complexity index is 270. The van der Waals surface area contributed by atoms with Crippen molar-refractivity contribution in [2.75, 3.05) is 0 Å². The summed E-state index contributed by atoms with van der Waals surface area (Å²) in [5.41, 5.74) is -2.04. The van der Waals surface area contributed by atoms with Crippen molar-refractivity contribution in [2.24, 2.45) is 16.7 Å². The Morgan fingerprint density at radius 3 is 1.71 bits per heavy atom. The van der Waals surface area contributed by atoms with Gasteiger partial charge in [0.25, 0.3) is 0 Å². The van der Waals surface area contributed by atoms with Crippen molar-refractivity contribution in [3.05, 3.63) is 0 Å². The first-order valence-corrected chi connectivity index (χ1v) is 5.54. The van der Waals surface area contributed by atoms with Gasteiger partial charge in [0.2, 0.25) is 0 Å². The normalized spacial score (nSPS) is 60.6. The Kier molecular flexibility index (Phi) is 1.64. The second-order valence-corrected chi connectivity index (χ2v) is 6.36. The molecule has 2 rings (SSSR count). The Morgan fingerprint density at radius 2 is 1.50 bits per heavy atom. The number of rotatable bonds is 0. The molecule has 0 aliphatic heterocycles. The summed E-state index contributed by atoms with van der Waals surface area (Å²) in [5.74, 6) is 0.218. The summed E-state index contributed by atoms with van der Waals surface area (Å²) in [6, 6.07) is 0. The molecule has 0 saturated heterocycles. The molecular weight excluding hydrogens is 176 g/mol. The first kappa shape index (κ1) is 10.4. The highest BCUT2D eigenvalue weighted by Gasteiger charge is 2.76. The molecule has 2 N–H and O–H groups in total. The van der Waals surface area contributed by atoms with Crippen molar-refractivity contribution in [1.82, 2.24) is 0 Å². The predicted octanol–water partition coefficient (Wildman–Crippen LogP) is 1.94. The quantitative estimate of drug-likeness (QED) is 0.624. The van der Waals surface area contributed by atoms with Crippen LogP contribution >= 0.6 is 0 Å². The third-order valence-corrected chi connectivity index (χ3v) is 5.96. The van der Waals surface area contributed by atoms with Gasteiger partial charge in [-0.2, -0.15) is 0 Å². The lowest BCUT2D eigenvalue weighted by atomic mass is 9.63. The fourth-order valence-electron chi connectivity index (χ4n) is 4.25. The summed E-state index contributed by atoms with van der Waals surface area (Å²) in [5, 5.41) is 21.0. The van der Waals surface area contributed by atoms with Gasteiger partial charge in [-0.15, -0.1) is 0 Å². The summed E-state index contributed by atoms with van der Waals surface area (Å²) >= 11 is 0. The van der Waals surface area contributed by atoms with Crippen LogP contribution in [-0.2, 0) is 0 Å². The molecule has 0 unspecified atom stereocenters. The lowest BCUT2D eigenvalue weighted by Crippen LogP contribution is -2.58. The van der Waals surface area contributed by atoms with Gasteiger partial charge in [0.1, 0.15) is 0 Å². The van der Waals surface area contributed by atoms with E-state index in [0.29, 0.717) is 0 Å². The van der Waals surface area contributed by atoms with E-state index in [1.165, 1.54) is 0 Å². The first-order valence-electron chi connectivity index (χ1n) is 5.54. The Labute approximate surface area is 86.3 Å². The van der Waals surface area contributed by atoms with Crippen LogP contribution in [0.25, 0.3) is 0 Å². The first-order chi connectivity index (χ1) is 6.09. The number of aliphatic hydroxyl groups is 2. The standard InChI is InChI=1S/C12H22O2/c1-9(2)8-6-7-10(9,3)12(5,14)11(8,4)13/h8,13-14H,6-7H2,1-5H3/t8-,10+,11+,12-/m1/s1. The van der Waals surface area contributed by atoms with Gasteiger partial charge in [0.15, 0.2) is 0 Å². The highest BCUT2D eigenvalue weighted by atomic mass is 16.4. The molecule has 2 heteroatoms. The second-order valence-electron chi connectivity index (χ2n) is 6.36. The van der Waals surface area contributed by atoms with Gasteiger partial charge in [0.05, 0.1) is 11.2 Å². The maximum atomic E-state index is 10.6. The van der Waals surface area contributed by atoms with Crippen LogP contribution in [0, 0.1) is 16.7 Å². The third-order valence-electron chi connectivity index (χ3n) is 5.96. The summed E-state index contributed by atoms with van der Waals surface area (Å²) in [6.45, 7) is 10.1. The number of hydrogen-bond donors (Lipinski definition) is 2. The van der Waals surface area contributed by atoms with E-state index in [2.05, 4.69) is 20.8 Å². The Balaban J connectivity index is 2.62. The van der Waals surface area contributed by atoms with E-state index in [-0.39, 0.29) is 16.7 Å². The van der Waals surface area contributed by atoms with Crippen LogP contribution in [0.5, 0.6) is 0 Å². The van der Waals surface area contributed by atoms with Gasteiger partial charge in [0, 0.05) is 5.41 Å². The molecule has 0 aromatic rings. The minimum absolute atomic E-state index is 0.0278. The van der Waals surface area contributed by atoms with E-state index >= 15 is 0 Å². The number of hydrogen-bond acceptors (Lipinski definition) is 2. The van der Waals surface area contributed by atoms with Crippen LogP contribution in [0.3, 0.4) is 0 Å². The van der Waals surface area contributed by atoms with E-state index in [4.69, 9.17) is 0 Å². The Morgan fingerprint density at radius 1 is 1.00 bits per heavy atom. The second kappa shape index (κ2) is 2.19. The topological polar surface area (TPSA) is 40.5 Å². The zero-order valence-corrected chi connectivity index (χ0v) is 9.89. The van der Waals surface area contributed by atoms with Crippen LogP contribution in [0.1, 0.15) is 47.5 Å². The molecule has 0 spiro atoms. The summed E-state index contributed by atoms with van der Waals surface area (Å²) in [7, 11) is 0. The van der Waals surface area contributed by atoms with Crippen molar-refractivity contribution in [1.29, 1.82) is 0 Å². The summed E-state index contributed by atoms with van der Waals surface area (Å²) in [6.07, 6.45) is 2.06. The lowest BCUT2D eigenvalue weighted by Gasteiger charge is -2.47. The molecule has 0 heterocycles. The highest BCUT2D eigenvalue weighted by molar-refractivity contribution is 5.25. The minimum atomic E-state index is -0.966. The summed E-state index contributed by atoms with van der Waals surface area (Å²) < 4.78 is 0. The maximum Gasteiger partial charge on any atom is 0.0963 e. The smallest absolute Gasteiger partial charge is 0.0963 e. The molecule has 4 atom stereocenters. The molecule has 0 radical (unpaired) electrons. The van der Waals surface area contributed by atoms with Crippen LogP contribution < -0.4 is 0 Å². The van der Waals surface area contributed by atoms with E-state index in [0.717, 1.165) is 12.8 Å². The predicted molar refractivity (Wildman–Crippen MR) is 55.9 cm³/mol. The van der Waals surface area contributed by atoms with Gasteiger partial charge in [-0.1, -0.05) is 20.8 Å². The lowest BCUT2D eigenvalue weighted by molar-refractivity contribution is -0.186.